The molecule has 1 aromatic heterocycles. The van der Waals surface area contributed by atoms with E-state index in [1.54, 1.807) is 11.3 Å². The third-order valence-corrected chi connectivity index (χ3v) is 4.46. The van der Waals surface area contributed by atoms with Gasteiger partial charge in [0.25, 0.3) is 0 Å². The number of carboxylic acid groups (broad SMARTS) is 1. The maximum absolute atomic E-state index is 11.3. The van der Waals surface area contributed by atoms with Gasteiger partial charge < -0.3 is 5.11 Å². The first kappa shape index (κ1) is 13.3. The first-order valence-electron chi connectivity index (χ1n) is 5.65. The van der Waals surface area contributed by atoms with E-state index in [0.29, 0.717) is 12.8 Å². The van der Waals surface area contributed by atoms with Gasteiger partial charge in [-0.3, -0.25) is 4.79 Å². The van der Waals surface area contributed by atoms with Gasteiger partial charge in [0.05, 0.1) is 5.92 Å². The second kappa shape index (κ2) is 6.16. The van der Waals surface area contributed by atoms with Gasteiger partial charge in [-0.05, 0) is 40.4 Å². The lowest BCUT2D eigenvalue weighted by molar-refractivity contribution is -0.141. The number of hydrogen-bond donors (Lipinski definition) is 1. The zero-order chi connectivity index (χ0) is 13.0. The molecule has 4 heteroatoms. The molecule has 1 atom stereocenters. The third-order valence-electron chi connectivity index (χ3n) is 2.74. The highest BCUT2D eigenvalue weighted by molar-refractivity contribution is 9.10. The fourth-order valence-electron chi connectivity index (χ4n) is 1.85. The van der Waals surface area contributed by atoms with Gasteiger partial charge in [-0.25, -0.2) is 0 Å². The number of hydrogen-bond acceptors (Lipinski definition) is 2. The van der Waals surface area contributed by atoms with Gasteiger partial charge in [0.2, 0.25) is 0 Å². The molecule has 0 aliphatic carbocycles. The standard InChI is InChI=1S/C14H13BrO2S/c15-12-8-13(18-9-12)7-11(14(16)17)6-10-4-2-1-3-5-10/h1-5,8-9,11H,6-7H2,(H,16,17). The summed E-state index contributed by atoms with van der Waals surface area (Å²) in [6.45, 7) is 0. The van der Waals surface area contributed by atoms with Crippen LogP contribution in [0.3, 0.4) is 0 Å². The van der Waals surface area contributed by atoms with Crippen molar-refractivity contribution in [1.82, 2.24) is 0 Å². The molecule has 0 saturated heterocycles. The fraction of sp³-hybridized carbons (Fsp3) is 0.214. The Morgan fingerprint density at radius 3 is 2.56 bits per heavy atom. The maximum Gasteiger partial charge on any atom is 0.307 e. The molecule has 2 rings (SSSR count). The molecular weight excluding hydrogens is 312 g/mol. The lowest BCUT2D eigenvalue weighted by atomic mass is 9.96. The first-order chi connectivity index (χ1) is 8.65. The number of thiophene rings is 1. The number of halogens is 1. The molecule has 1 heterocycles. The second-order valence-corrected chi connectivity index (χ2v) is 6.07. The van der Waals surface area contributed by atoms with Crippen molar-refractivity contribution in [3.05, 3.63) is 56.7 Å². The van der Waals surface area contributed by atoms with Crippen LogP contribution in [0.1, 0.15) is 10.4 Å². The van der Waals surface area contributed by atoms with Gasteiger partial charge in [0, 0.05) is 14.7 Å². The predicted octanol–water partition coefficient (Wildman–Crippen LogP) is 4.00. The number of rotatable bonds is 5. The molecule has 2 nitrogen and oxygen atoms in total. The van der Waals surface area contributed by atoms with Crippen molar-refractivity contribution in [2.75, 3.05) is 0 Å². The molecule has 2 aromatic rings. The van der Waals surface area contributed by atoms with Crippen LogP contribution >= 0.6 is 27.3 Å². The Balaban J connectivity index is 2.07. The van der Waals surface area contributed by atoms with Crippen molar-refractivity contribution in [2.24, 2.45) is 5.92 Å². The molecule has 0 fully saturated rings. The number of carboxylic acids is 1. The summed E-state index contributed by atoms with van der Waals surface area (Å²) in [5, 5.41) is 11.3. The Morgan fingerprint density at radius 1 is 1.28 bits per heavy atom. The van der Waals surface area contributed by atoms with E-state index >= 15 is 0 Å². The van der Waals surface area contributed by atoms with Crippen LogP contribution in [-0.4, -0.2) is 11.1 Å². The van der Waals surface area contributed by atoms with Gasteiger partial charge >= 0.3 is 5.97 Å². The van der Waals surface area contributed by atoms with Gasteiger partial charge in [0.1, 0.15) is 0 Å². The topological polar surface area (TPSA) is 37.3 Å². The van der Waals surface area contributed by atoms with Crippen molar-refractivity contribution in [3.8, 4) is 0 Å². The quantitative estimate of drug-likeness (QED) is 0.902. The van der Waals surface area contributed by atoms with E-state index in [-0.39, 0.29) is 5.92 Å². The van der Waals surface area contributed by atoms with E-state index in [1.807, 2.05) is 41.8 Å². The maximum atomic E-state index is 11.3. The SMILES string of the molecule is O=C(O)C(Cc1ccccc1)Cc1cc(Br)cs1. The van der Waals surface area contributed by atoms with Gasteiger partial charge in [-0.1, -0.05) is 30.3 Å². The van der Waals surface area contributed by atoms with Gasteiger partial charge in [-0.15, -0.1) is 11.3 Å². The van der Waals surface area contributed by atoms with E-state index in [1.165, 1.54) is 0 Å². The average molecular weight is 325 g/mol. The number of aliphatic carboxylic acids is 1. The molecule has 0 aliphatic rings. The molecule has 94 valence electrons. The summed E-state index contributed by atoms with van der Waals surface area (Å²) in [6, 6.07) is 11.8. The van der Waals surface area contributed by atoms with Crippen molar-refractivity contribution < 1.29 is 9.90 Å². The monoisotopic (exact) mass is 324 g/mol. The Hall–Kier alpha value is -1.13. The van der Waals surface area contributed by atoms with Crippen LogP contribution in [0.25, 0.3) is 0 Å². The van der Waals surface area contributed by atoms with Crippen molar-refractivity contribution >= 4 is 33.2 Å². The molecule has 0 bridgehead atoms. The normalized spacial score (nSPS) is 12.3. The zero-order valence-corrected chi connectivity index (χ0v) is 12.1. The summed E-state index contributed by atoms with van der Waals surface area (Å²) in [6.07, 6.45) is 1.16. The Kier molecular flexibility index (Phi) is 4.55. The molecule has 0 saturated carbocycles. The first-order valence-corrected chi connectivity index (χ1v) is 7.32. The van der Waals surface area contributed by atoms with Crippen molar-refractivity contribution in [1.29, 1.82) is 0 Å². The predicted molar refractivity (Wildman–Crippen MR) is 77.0 cm³/mol. The molecule has 1 aromatic carbocycles. The molecule has 0 amide bonds. The van der Waals surface area contributed by atoms with E-state index in [2.05, 4.69) is 15.9 Å². The lowest BCUT2D eigenvalue weighted by Crippen LogP contribution is -2.18. The highest BCUT2D eigenvalue weighted by Crippen LogP contribution is 2.24. The number of benzene rings is 1. The molecule has 0 spiro atoms. The highest BCUT2D eigenvalue weighted by atomic mass is 79.9. The molecule has 0 radical (unpaired) electrons. The Labute approximate surface area is 118 Å². The van der Waals surface area contributed by atoms with Crippen LogP contribution in [0.2, 0.25) is 0 Å². The van der Waals surface area contributed by atoms with E-state index in [4.69, 9.17) is 0 Å². The fourth-order valence-corrected chi connectivity index (χ4v) is 3.38. The Bertz CT molecular complexity index is 522. The third kappa shape index (κ3) is 3.68. The smallest absolute Gasteiger partial charge is 0.307 e. The minimum absolute atomic E-state index is 0.363. The van der Waals surface area contributed by atoms with E-state index < -0.39 is 5.97 Å². The van der Waals surface area contributed by atoms with Gasteiger partial charge in [0.15, 0.2) is 0 Å². The van der Waals surface area contributed by atoms with Crippen LogP contribution in [0.4, 0.5) is 0 Å². The zero-order valence-electron chi connectivity index (χ0n) is 9.67. The average Bonchev–Trinajstić information content (AvgIpc) is 2.75. The van der Waals surface area contributed by atoms with Crippen LogP contribution in [0, 0.1) is 5.92 Å². The summed E-state index contributed by atoms with van der Waals surface area (Å²) in [4.78, 5) is 12.4. The summed E-state index contributed by atoms with van der Waals surface area (Å²) >= 11 is 4.98. The highest BCUT2D eigenvalue weighted by Gasteiger charge is 2.19. The van der Waals surface area contributed by atoms with Crippen molar-refractivity contribution in [2.45, 2.75) is 12.8 Å². The van der Waals surface area contributed by atoms with E-state index in [0.717, 1.165) is 14.9 Å². The molecule has 1 unspecified atom stereocenters. The van der Waals surface area contributed by atoms with Crippen LogP contribution in [0.5, 0.6) is 0 Å². The Morgan fingerprint density at radius 2 is 2.00 bits per heavy atom. The summed E-state index contributed by atoms with van der Waals surface area (Å²) in [5.41, 5.74) is 1.07. The molecule has 18 heavy (non-hydrogen) atoms. The van der Waals surface area contributed by atoms with Crippen LogP contribution in [-0.2, 0) is 17.6 Å². The lowest BCUT2D eigenvalue weighted by Gasteiger charge is -2.11. The second-order valence-electron chi connectivity index (χ2n) is 4.16. The molecule has 1 N–H and O–H groups in total. The minimum Gasteiger partial charge on any atom is -0.481 e. The van der Waals surface area contributed by atoms with Crippen LogP contribution < -0.4 is 0 Å². The van der Waals surface area contributed by atoms with Crippen LogP contribution in [0.15, 0.2) is 46.3 Å². The molecule has 0 aliphatic heterocycles. The minimum atomic E-state index is -0.733. The summed E-state index contributed by atoms with van der Waals surface area (Å²) in [7, 11) is 0. The number of carbonyl (C=O) groups is 1. The van der Waals surface area contributed by atoms with E-state index in [9.17, 15) is 9.90 Å². The van der Waals surface area contributed by atoms with Crippen molar-refractivity contribution in [3.63, 3.8) is 0 Å². The molecular formula is C14H13BrO2S. The largest absolute Gasteiger partial charge is 0.481 e. The van der Waals surface area contributed by atoms with Gasteiger partial charge in [-0.2, -0.15) is 0 Å². The summed E-state index contributed by atoms with van der Waals surface area (Å²) in [5.74, 6) is -1.10. The summed E-state index contributed by atoms with van der Waals surface area (Å²) < 4.78 is 1.02.